The van der Waals surface area contributed by atoms with Crippen molar-refractivity contribution in [2.75, 3.05) is 31.2 Å². The third kappa shape index (κ3) is 3.98. The van der Waals surface area contributed by atoms with Crippen LogP contribution < -0.4 is 4.90 Å². The van der Waals surface area contributed by atoms with Crippen molar-refractivity contribution in [2.45, 2.75) is 13.8 Å². The fourth-order valence-corrected chi connectivity index (χ4v) is 3.83. The Morgan fingerprint density at radius 3 is 2.43 bits per heavy atom. The summed E-state index contributed by atoms with van der Waals surface area (Å²) in [6.07, 6.45) is 1.94. The molecule has 1 aliphatic heterocycles. The normalized spacial score (nSPS) is 14.8. The Labute approximate surface area is 171 Å². The lowest BCUT2D eigenvalue weighted by atomic mass is 10.2. The number of benzene rings is 2. The SMILES string of the molecule is Cc1cc(C=Nc2ccc(N3CCOCC3)cc2)c(C)n1-c1cccc(Cl)c1. The van der Waals surface area contributed by atoms with Gasteiger partial charge in [-0.3, -0.25) is 4.99 Å². The van der Waals surface area contributed by atoms with Gasteiger partial charge in [0.1, 0.15) is 0 Å². The molecule has 28 heavy (non-hydrogen) atoms. The average molecular weight is 394 g/mol. The molecule has 0 aliphatic carbocycles. The first-order valence-corrected chi connectivity index (χ1v) is 9.91. The third-order valence-electron chi connectivity index (χ3n) is 5.12. The van der Waals surface area contributed by atoms with Crippen LogP contribution in [0.4, 0.5) is 11.4 Å². The number of halogens is 1. The van der Waals surface area contributed by atoms with Crippen LogP contribution in [0.25, 0.3) is 5.69 Å². The highest BCUT2D eigenvalue weighted by Gasteiger charge is 2.11. The number of rotatable bonds is 4. The second-order valence-electron chi connectivity index (χ2n) is 7.02. The van der Waals surface area contributed by atoms with Crippen molar-refractivity contribution in [1.29, 1.82) is 0 Å². The van der Waals surface area contributed by atoms with Crippen LogP contribution in [-0.2, 0) is 4.74 Å². The van der Waals surface area contributed by atoms with Crippen LogP contribution in [0.3, 0.4) is 0 Å². The van der Waals surface area contributed by atoms with Gasteiger partial charge in [-0.05, 0) is 62.4 Å². The van der Waals surface area contributed by atoms with Crippen molar-refractivity contribution in [3.8, 4) is 5.69 Å². The van der Waals surface area contributed by atoms with Crippen LogP contribution in [0, 0.1) is 13.8 Å². The molecule has 3 aromatic rings. The number of aromatic nitrogens is 1. The molecule has 0 radical (unpaired) electrons. The van der Waals surface area contributed by atoms with Gasteiger partial charge in [-0.25, -0.2) is 0 Å². The fraction of sp³-hybridized carbons (Fsp3) is 0.261. The van der Waals surface area contributed by atoms with Crippen LogP contribution in [0.15, 0.2) is 59.6 Å². The third-order valence-corrected chi connectivity index (χ3v) is 5.35. The molecule has 0 N–H and O–H groups in total. The molecule has 0 atom stereocenters. The lowest BCUT2D eigenvalue weighted by Crippen LogP contribution is -2.36. The maximum atomic E-state index is 6.17. The summed E-state index contributed by atoms with van der Waals surface area (Å²) in [6.45, 7) is 7.68. The summed E-state index contributed by atoms with van der Waals surface area (Å²) in [5, 5.41) is 0.737. The van der Waals surface area contributed by atoms with Crippen molar-refractivity contribution in [2.24, 2.45) is 4.99 Å². The van der Waals surface area contributed by atoms with E-state index >= 15 is 0 Å². The van der Waals surface area contributed by atoms with Gasteiger partial charge in [-0.2, -0.15) is 0 Å². The summed E-state index contributed by atoms with van der Waals surface area (Å²) in [5.74, 6) is 0. The smallest absolute Gasteiger partial charge is 0.0642 e. The standard InChI is InChI=1S/C23H24ClN3O/c1-17-14-19(18(2)27(17)23-5-3-4-20(24)15-23)16-25-21-6-8-22(9-7-21)26-10-12-28-13-11-26/h3-9,14-16H,10-13H2,1-2H3. The van der Waals surface area contributed by atoms with Gasteiger partial charge >= 0.3 is 0 Å². The van der Waals surface area contributed by atoms with E-state index in [0.717, 1.165) is 59.7 Å². The number of hydrogen-bond donors (Lipinski definition) is 0. The molecule has 1 aromatic heterocycles. The lowest BCUT2D eigenvalue weighted by molar-refractivity contribution is 0.122. The van der Waals surface area contributed by atoms with Crippen LogP contribution in [0.1, 0.15) is 17.0 Å². The number of aryl methyl sites for hydroxylation is 1. The second-order valence-corrected chi connectivity index (χ2v) is 7.45. The van der Waals surface area contributed by atoms with Gasteiger partial charge in [0.05, 0.1) is 18.9 Å². The number of ether oxygens (including phenoxy) is 1. The summed E-state index contributed by atoms with van der Waals surface area (Å²) in [6, 6.07) is 18.5. The van der Waals surface area contributed by atoms with E-state index in [1.54, 1.807) is 0 Å². The monoisotopic (exact) mass is 393 g/mol. The Kier molecular flexibility index (Phi) is 5.51. The predicted molar refractivity (Wildman–Crippen MR) is 117 cm³/mol. The van der Waals surface area contributed by atoms with Crippen LogP contribution >= 0.6 is 11.6 Å². The summed E-state index contributed by atoms with van der Waals surface area (Å²) in [5.41, 5.74) is 6.65. The molecule has 5 heteroatoms. The number of morpholine rings is 1. The maximum Gasteiger partial charge on any atom is 0.0642 e. The van der Waals surface area contributed by atoms with Crippen molar-refractivity contribution >= 4 is 29.2 Å². The molecule has 144 valence electrons. The van der Waals surface area contributed by atoms with Crippen molar-refractivity contribution in [3.05, 3.63) is 76.6 Å². The molecule has 0 unspecified atom stereocenters. The summed E-state index contributed by atoms with van der Waals surface area (Å²) >= 11 is 6.17. The van der Waals surface area contributed by atoms with Crippen LogP contribution in [0.5, 0.6) is 0 Å². The molecule has 4 rings (SSSR count). The molecule has 0 amide bonds. The topological polar surface area (TPSA) is 29.8 Å². The molecule has 0 saturated carbocycles. The number of hydrogen-bond acceptors (Lipinski definition) is 3. The number of nitrogens with zero attached hydrogens (tertiary/aromatic N) is 3. The molecule has 1 saturated heterocycles. The van der Waals surface area contributed by atoms with Gasteiger partial charge in [-0.1, -0.05) is 17.7 Å². The van der Waals surface area contributed by atoms with E-state index in [2.05, 4.69) is 64.7 Å². The minimum absolute atomic E-state index is 0.737. The maximum absolute atomic E-state index is 6.17. The molecule has 0 bridgehead atoms. The number of anilines is 1. The Bertz CT molecular complexity index is 986. The Hall–Kier alpha value is -2.56. The zero-order chi connectivity index (χ0) is 19.5. The Balaban J connectivity index is 1.54. The van der Waals surface area contributed by atoms with Crippen molar-refractivity contribution < 1.29 is 4.74 Å². The Morgan fingerprint density at radius 2 is 1.71 bits per heavy atom. The molecule has 2 heterocycles. The van der Waals surface area contributed by atoms with E-state index in [0.29, 0.717) is 0 Å². The molecule has 4 nitrogen and oxygen atoms in total. The van der Waals surface area contributed by atoms with Gasteiger partial charge in [0, 0.05) is 52.7 Å². The van der Waals surface area contributed by atoms with E-state index in [4.69, 9.17) is 16.3 Å². The molecular weight excluding hydrogens is 370 g/mol. The molecular formula is C23H24ClN3O. The highest BCUT2D eigenvalue weighted by atomic mass is 35.5. The minimum atomic E-state index is 0.737. The minimum Gasteiger partial charge on any atom is -0.378 e. The first-order chi connectivity index (χ1) is 13.6. The summed E-state index contributed by atoms with van der Waals surface area (Å²) < 4.78 is 7.62. The van der Waals surface area contributed by atoms with Crippen LogP contribution in [0.2, 0.25) is 5.02 Å². The second kappa shape index (κ2) is 8.21. The average Bonchev–Trinajstić information content (AvgIpc) is 3.01. The van der Waals surface area contributed by atoms with E-state index in [-0.39, 0.29) is 0 Å². The van der Waals surface area contributed by atoms with E-state index in [9.17, 15) is 0 Å². The lowest BCUT2D eigenvalue weighted by Gasteiger charge is -2.28. The highest BCUT2D eigenvalue weighted by Crippen LogP contribution is 2.24. The molecule has 2 aromatic carbocycles. The van der Waals surface area contributed by atoms with E-state index < -0.39 is 0 Å². The van der Waals surface area contributed by atoms with Gasteiger partial charge < -0.3 is 14.2 Å². The summed E-state index contributed by atoms with van der Waals surface area (Å²) in [7, 11) is 0. The zero-order valence-electron chi connectivity index (χ0n) is 16.2. The quantitative estimate of drug-likeness (QED) is 0.560. The van der Waals surface area contributed by atoms with E-state index in [1.807, 2.05) is 24.4 Å². The van der Waals surface area contributed by atoms with Crippen molar-refractivity contribution in [1.82, 2.24) is 4.57 Å². The zero-order valence-corrected chi connectivity index (χ0v) is 17.0. The van der Waals surface area contributed by atoms with Gasteiger partial charge in [0.15, 0.2) is 0 Å². The molecule has 1 fully saturated rings. The Morgan fingerprint density at radius 1 is 0.964 bits per heavy atom. The summed E-state index contributed by atoms with van der Waals surface area (Å²) in [4.78, 5) is 7.02. The molecule has 0 spiro atoms. The van der Waals surface area contributed by atoms with Crippen molar-refractivity contribution in [3.63, 3.8) is 0 Å². The first-order valence-electron chi connectivity index (χ1n) is 9.53. The van der Waals surface area contributed by atoms with Gasteiger partial charge in [0.2, 0.25) is 0 Å². The highest BCUT2D eigenvalue weighted by molar-refractivity contribution is 6.30. The number of aliphatic imine (C=N–C) groups is 1. The molecule has 1 aliphatic rings. The predicted octanol–water partition coefficient (Wildman–Crippen LogP) is 5.33. The van der Waals surface area contributed by atoms with Crippen LogP contribution in [-0.4, -0.2) is 37.1 Å². The largest absolute Gasteiger partial charge is 0.378 e. The van der Waals surface area contributed by atoms with E-state index in [1.165, 1.54) is 5.69 Å². The van der Waals surface area contributed by atoms with Gasteiger partial charge in [-0.15, -0.1) is 0 Å². The fourth-order valence-electron chi connectivity index (χ4n) is 3.65. The van der Waals surface area contributed by atoms with Gasteiger partial charge in [0.25, 0.3) is 0 Å². The first kappa shape index (κ1) is 18.8.